The predicted octanol–water partition coefficient (Wildman–Crippen LogP) is 4.60. The number of rotatable bonds is 6. The fourth-order valence-electron chi connectivity index (χ4n) is 2.36. The second-order valence-electron chi connectivity index (χ2n) is 5.32. The van der Waals surface area contributed by atoms with E-state index in [1.807, 2.05) is 11.3 Å². The summed E-state index contributed by atoms with van der Waals surface area (Å²) < 4.78 is 0. The Bertz CT molecular complexity index is 514. The highest BCUT2D eigenvalue weighted by atomic mass is 32.1. The van der Waals surface area contributed by atoms with Gasteiger partial charge in [-0.25, -0.2) is 4.98 Å². The summed E-state index contributed by atoms with van der Waals surface area (Å²) in [6.07, 6.45) is 1.14. The number of benzene rings is 1. The fourth-order valence-corrected chi connectivity index (χ4v) is 3.46. The molecule has 3 heteroatoms. The average molecular weight is 288 g/mol. The first-order chi connectivity index (χ1) is 9.63. The van der Waals surface area contributed by atoms with E-state index in [1.54, 1.807) is 0 Å². The van der Waals surface area contributed by atoms with E-state index in [1.165, 1.54) is 15.4 Å². The molecule has 2 aromatic rings. The van der Waals surface area contributed by atoms with Crippen molar-refractivity contribution in [3.05, 3.63) is 51.5 Å². The lowest BCUT2D eigenvalue weighted by Crippen LogP contribution is -2.26. The molecule has 0 aliphatic rings. The Morgan fingerprint density at radius 3 is 2.45 bits per heavy atom. The molecule has 0 radical (unpaired) electrons. The molecule has 1 N–H and O–H groups in total. The third-order valence-electron chi connectivity index (χ3n) is 3.75. The molecule has 2 nitrogen and oxygen atoms in total. The van der Waals surface area contributed by atoms with E-state index in [0.29, 0.717) is 12.0 Å². The van der Waals surface area contributed by atoms with Gasteiger partial charge in [-0.3, -0.25) is 0 Å². The van der Waals surface area contributed by atoms with E-state index in [4.69, 9.17) is 4.98 Å². The Hall–Kier alpha value is -1.19. The maximum Gasteiger partial charge on any atom is 0.111 e. The van der Waals surface area contributed by atoms with Crippen molar-refractivity contribution < 1.29 is 0 Å². The highest BCUT2D eigenvalue weighted by Crippen LogP contribution is 2.33. The summed E-state index contributed by atoms with van der Waals surface area (Å²) in [7, 11) is 0. The molecule has 1 aromatic heterocycles. The van der Waals surface area contributed by atoms with Crippen LogP contribution in [0.1, 0.15) is 53.4 Å². The normalized spacial score (nSPS) is 14.2. The standard InChI is InChI=1S/C17H24N2S/c1-5-11-18-16(17-19-13(3)14(4)20-17)12(2)15-9-7-6-8-10-15/h6-10,12,16,18H,5,11H2,1-4H3. The first-order valence-corrected chi connectivity index (χ1v) is 8.17. The van der Waals surface area contributed by atoms with Crippen LogP contribution in [-0.2, 0) is 0 Å². The first-order valence-electron chi connectivity index (χ1n) is 7.35. The third-order valence-corrected chi connectivity index (χ3v) is 4.91. The van der Waals surface area contributed by atoms with Crippen LogP contribution < -0.4 is 5.32 Å². The molecule has 1 aromatic carbocycles. The molecule has 1 heterocycles. The van der Waals surface area contributed by atoms with Gasteiger partial charge in [0.1, 0.15) is 5.01 Å². The Morgan fingerprint density at radius 1 is 1.20 bits per heavy atom. The molecule has 0 aliphatic heterocycles. The van der Waals surface area contributed by atoms with E-state index in [-0.39, 0.29) is 0 Å². The van der Waals surface area contributed by atoms with Gasteiger partial charge in [-0.15, -0.1) is 11.3 Å². The molecule has 2 unspecified atom stereocenters. The number of aromatic nitrogens is 1. The van der Waals surface area contributed by atoms with Crippen LogP contribution in [0.3, 0.4) is 0 Å². The molecular formula is C17H24N2S. The van der Waals surface area contributed by atoms with Gasteiger partial charge in [-0.1, -0.05) is 44.2 Å². The lowest BCUT2D eigenvalue weighted by atomic mass is 9.93. The van der Waals surface area contributed by atoms with E-state index < -0.39 is 0 Å². The van der Waals surface area contributed by atoms with Gasteiger partial charge < -0.3 is 5.32 Å². The third kappa shape index (κ3) is 3.47. The minimum absolute atomic E-state index is 0.301. The molecule has 0 saturated heterocycles. The summed E-state index contributed by atoms with van der Waals surface area (Å²) in [5.41, 5.74) is 2.53. The van der Waals surface area contributed by atoms with Crippen molar-refractivity contribution in [3.8, 4) is 0 Å². The van der Waals surface area contributed by atoms with Crippen molar-refractivity contribution in [2.24, 2.45) is 0 Å². The molecule has 0 aliphatic carbocycles. The van der Waals surface area contributed by atoms with Gasteiger partial charge in [0.25, 0.3) is 0 Å². The van der Waals surface area contributed by atoms with Crippen LogP contribution >= 0.6 is 11.3 Å². The molecule has 0 saturated carbocycles. The molecule has 2 rings (SSSR count). The minimum Gasteiger partial charge on any atom is -0.307 e. The van der Waals surface area contributed by atoms with Gasteiger partial charge in [0, 0.05) is 10.8 Å². The summed E-state index contributed by atoms with van der Waals surface area (Å²) >= 11 is 1.82. The van der Waals surface area contributed by atoms with Gasteiger partial charge in [-0.2, -0.15) is 0 Å². The highest BCUT2D eigenvalue weighted by molar-refractivity contribution is 7.11. The summed E-state index contributed by atoms with van der Waals surface area (Å²) in [5, 5.41) is 4.89. The van der Waals surface area contributed by atoms with Crippen LogP contribution in [0.2, 0.25) is 0 Å². The Morgan fingerprint density at radius 2 is 1.90 bits per heavy atom. The number of thiazole rings is 1. The molecular weight excluding hydrogens is 264 g/mol. The van der Waals surface area contributed by atoms with E-state index in [0.717, 1.165) is 18.7 Å². The van der Waals surface area contributed by atoms with E-state index in [2.05, 4.69) is 63.3 Å². The zero-order chi connectivity index (χ0) is 14.5. The fraction of sp³-hybridized carbons (Fsp3) is 0.471. The molecule has 0 amide bonds. The topological polar surface area (TPSA) is 24.9 Å². The largest absolute Gasteiger partial charge is 0.307 e. The lowest BCUT2D eigenvalue weighted by molar-refractivity contribution is 0.464. The quantitative estimate of drug-likeness (QED) is 0.840. The Kier molecular flexibility index (Phi) is 5.32. The van der Waals surface area contributed by atoms with Crippen molar-refractivity contribution in [2.45, 2.75) is 46.1 Å². The molecule has 0 bridgehead atoms. The van der Waals surface area contributed by atoms with Crippen molar-refractivity contribution in [1.29, 1.82) is 0 Å². The van der Waals surface area contributed by atoms with Gasteiger partial charge in [0.2, 0.25) is 0 Å². The summed E-state index contributed by atoms with van der Waals surface area (Å²) in [4.78, 5) is 6.09. The average Bonchev–Trinajstić information content (AvgIpc) is 2.79. The Balaban J connectivity index is 2.27. The molecule has 0 fully saturated rings. The minimum atomic E-state index is 0.301. The number of hydrogen-bond acceptors (Lipinski definition) is 3. The first kappa shape index (κ1) is 15.2. The summed E-state index contributed by atoms with van der Waals surface area (Å²) in [6.45, 7) is 9.77. The van der Waals surface area contributed by atoms with Crippen LogP contribution in [0.4, 0.5) is 0 Å². The van der Waals surface area contributed by atoms with Crippen molar-refractivity contribution >= 4 is 11.3 Å². The van der Waals surface area contributed by atoms with Crippen molar-refractivity contribution in [3.63, 3.8) is 0 Å². The SMILES string of the molecule is CCCNC(c1nc(C)c(C)s1)C(C)c1ccccc1. The van der Waals surface area contributed by atoms with Gasteiger partial charge in [-0.05, 0) is 32.4 Å². The van der Waals surface area contributed by atoms with Crippen LogP contribution in [0.5, 0.6) is 0 Å². The van der Waals surface area contributed by atoms with Crippen molar-refractivity contribution in [1.82, 2.24) is 10.3 Å². The summed E-state index contributed by atoms with van der Waals surface area (Å²) in [5.74, 6) is 0.424. The highest BCUT2D eigenvalue weighted by Gasteiger charge is 2.23. The van der Waals surface area contributed by atoms with Gasteiger partial charge >= 0.3 is 0 Å². The molecule has 108 valence electrons. The second-order valence-corrected chi connectivity index (χ2v) is 6.56. The Labute approximate surface area is 126 Å². The molecule has 0 spiro atoms. The molecule has 20 heavy (non-hydrogen) atoms. The zero-order valence-corrected chi connectivity index (χ0v) is 13.6. The molecule has 2 atom stereocenters. The maximum absolute atomic E-state index is 4.77. The van der Waals surface area contributed by atoms with Gasteiger partial charge in [0.05, 0.1) is 11.7 Å². The second kappa shape index (κ2) is 7.00. The predicted molar refractivity (Wildman–Crippen MR) is 87.5 cm³/mol. The van der Waals surface area contributed by atoms with Gasteiger partial charge in [0.15, 0.2) is 0 Å². The van der Waals surface area contributed by atoms with E-state index >= 15 is 0 Å². The lowest BCUT2D eigenvalue weighted by Gasteiger charge is -2.24. The number of nitrogens with zero attached hydrogens (tertiary/aromatic N) is 1. The van der Waals surface area contributed by atoms with E-state index in [9.17, 15) is 0 Å². The van der Waals surface area contributed by atoms with Crippen LogP contribution in [0.25, 0.3) is 0 Å². The van der Waals surface area contributed by atoms with Crippen LogP contribution in [0.15, 0.2) is 30.3 Å². The van der Waals surface area contributed by atoms with Crippen LogP contribution in [0, 0.1) is 13.8 Å². The zero-order valence-electron chi connectivity index (χ0n) is 12.8. The van der Waals surface area contributed by atoms with Crippen LogP contribution in [-0.4, -0.2) is 11.5 Å². The summed E-state index contributed by atoms with van der Waals surface area (Å²) in [6, 6.07) is 11.0. The van der Waals surface area contributed by atoms with Crippen molar-refractivity contribution in [2.75, 3.05) is 6.54 Å². The smallest absolute Gasteiger partial charge is 0.111 e. The number of aryl methyl sites for hydroxylation is 2. The number of hydrogen-bond donors (Lipinski definition) is 1. The monoisotopic (exact) mass is 288 g/mol. The maximum atomic E-state index is 4.77. The number of nitrogens with one attached hydrogen (secondary N) is 1.